The van der Waals surface area contributed by atoms with Crippen LogP contribution in [0.5, 0.6) is 0 Å². The zero-order valence-electron chi connectivity index (χ0n) is 11.8. The van der Waals surface area contributed by atoms with Crippen LogP contribution in [0.3, 0.4) is 0 Å². The van der Waals surface area contributed by atoms with Crippen LogP contribution in [-0.2, 0) is 10.0 Å². The van der Waals surface area contributed by atoms with E-state index < -0.39 is 10.0 Å². The van der Waals surface area contributed by atoms with Crippen molar-refractivity contribution in [2.75, 3.05) is 31.9 Å². The summed E-state index contributed by atoms with van der Waals surface area (Å²) >= 11 is 0. The Balaban J connectivity index is 2.56. The maximum Gasteiger partial charge on any atom is 0.214 e. The number of nitrogens with one attached hydrogen (secondary N) is 1. The molecule has 0 aromatic carbocycles. The van der Waals surface area contributed by atoms with Gasteiger partial charge in [0, 0.05) is 13.1 Å². The Kier molecular flexibility index (Phi) is 7.19. The fourth-order valence-electron chi connectivity index (χ4n) is 2.40. The van der Waals surface area contributed by atoms with Crippen LogP contribution >= 0.6 is 0 Å². The number of sulfonamides is 1. The Labute approximate surface area is 112 Å². The fourth-order valence-corrected chi connectivity index (χ4v) is 4.21. The van der Waals surface area contributed by atoms with Gasteiger partial charge in [-0.2, -0.15) is 0 Å². The highest BCUT2D eigenvalue weighted by atomic mass is 32.2. The summed E-state index contributed by atoms with van der Waals surface area (Å²) in [5.74, 6) is 0.850. The van der Waals surface area contributed by atoms with Gasteiger partial charge in [-0.3, -0.25) is 0 Å². The van der Waals surface area contributed by atoms with Crippen LogP contribution in [0.4, 0.5) is 0 Å². The van der Waals surface area contributed by atoms with Gasteiger partial charge in [0.25, 0.3) is 0 Å². The van der Waals surface area contributed by atoms with Crippen molar-refractivity contribution in [1.29, 1.82) is 0 Å². The molecule has 0 saturated carbocycles. The van der Waals surface area contributed by atoms with Crippen molar-refractivity contribution in [1.82, 2.24) is 9.62 Å². The zero-order valence-corrected chi connectivity index (χ0v) is 12.6. The maximum absolute atomic E-state index is 12.3. The standard InChI is InChI=1S/C13H28N2O2S/c1-3-5-11-18(16,17)15(10-4-2)12-13-6-8-14-9-7-13/h13-14H,3-12H2,1-2H3. The molecule has 0 radical (unpaired) electrons. The molecule has 0 unspecified atom stereocenters. The predicted octanol–water partition coefficient (Wildman–Crippen LogP) is 1.83. The second-order valence-electron chi connectivity index (χ2n) is 5.22. The number of unbranched alkanes of at least 4 members (excludes halogenated alkanes) is 1. The van der Waals surface area contributed by atoms with E-state index in [2.05, 4.69) is 5.32 Å². The van der Waals surface area contributed by atoms with Gasteiger partial charge in [-0.25, -0.2) is 12.7 Å². The van der Waals surface area contributed by atoms with Crippen LogP contribution in [0.15, 0.2) is 0 Å². The molecular formula is C13H28N2O2S. The van der Waals surface area contributed by atoms with Gasteiger partial charge in [0.1, 0.15) is 0 Å². The molecule has 4 nitrogen and oxygen atoms in total. The first kappa shape index (κ1) is 15.9. The molecule has 1 rings (SSSR count). The lowest BCUT2D eigenvalue weighted by atomic mass is 9.98. The molecule has 5 heteroatoms. The number of piperidine rings is 1. The molecule has 0 bridgehead atoms. The Bertz CT molecular complexity index is 311. The Morgan fingerprint density at radius 1 is 1.17 bits per heavy atom. The van der Waals surface area contributed by atoms with Gasteiger partial charge >= 0.3 is 0 Å². The van der Waals surface area contributed by atoms with Crippen molar-refractivity contribution in [3.63, 3.8) is 0 Å². The summed E-state index contributed by atoms with van der Waals surface area (Å²) in [5.41, 5.74) is 0. The lowest BCUT2D eigenvalue weighted by molar-refractivity contribution is 0.288. The summed E-state index contributed by atoms with van der Waals surface area (Å²) in [4.78, 5) is 0. The van der Waals surface area contributed by atoms with Gasteiger partial charge in [-0.15, -0.1) is 0 Å². The fraction of sp³-hybridized carbons (Fsp3) is 1.00. The molecule has 1 heterocycles. The number of hydrogen-bond donors (Lipinski definition) is 1. The number of nitrogens with zero attached hydrogens (tertiary/aromatic N) is 1. The quantitative estimate of drug-likeness (QED) is 0.736. The van der Waals surface area contributed by atoms with Crippen LogP contribution in [0.2, 0.25) is 0 Å². The second-order valence-corrected chi connectivity index (χ2v) is 7.31. The Morgan fingerprint density at radius 3 is 2.39 bits per heavy atom. The van der Waals surface area contributed by atoms with Crippen LogP contribution in [-0.4, -0.2) is 44.7 Å². The van der Waals surface area contributed by atoms with E-state index in [-0.39, 0.29) is 0 Å². The van der Waals surface area contributed by atoms with Crippen molar-refractivity contribution in [2.45, 2.75) is 46.0 Å². The summed E-state index contributed by atoms with van der Waals surface area (Å²) in [6, 6.07) is 0. The summed E-state index contributed by atoms with van der Waals surface area (Å²) in [6.07, 6.45) is 4.81. The van der Waals surface area contributed by atoms with Crippen molar-refractivity contribution in [2.24, 2.45) is 5.92 Å². The summed E-state index contributed by atoms with van der Waals surface area (Å²) in [7, 11) is -3.03. The van der Waals surface area contributed by atoms with Crippen LogP contribution in [0, 0.1) is 5.92 Å². The molecule has 1 aliphatic heterocycles. The smallest absolute Gasteiger partial charge is 0.214 e. The molecule has 0 amide bonds. The molecule has 1 N–H and O–H groups in total. The van der Waals surface area contributed by atoms with Crippen LogP contribution in [0.1, 0.15) is 46.0 Å². The number of rotatable bonds is 8. The highest BCUT2D eigenvalue weighted by molar-refractivity contribution is 7.89. The third kappa shape index (κ3) is 5.24. The summed E-state index contributed by atoms with van der Waals surface area (Å²) in [5, 5.41) is 3.33. The van der Waals surface area contributed by atoms with Gasteiger partial charge in [0.05, 0.1) is 5.75 Å². The maximum atomic E-state index is 12.3. The second kappa shape index (κ2) is 8.12. The minimum Gasteiger partial charge on any atom is -0.317 e. The third-order valence-corrected chi connectivity index (χ3v) is 5.47. The van der Waals surface area contributed by atoms with E-state index in [9.17, 15) is 8.42 Å². The average molecular weight is 276 g/mol. The molecule has 108 valence electrons. The van der Waals surface area contributed by atoms with Crippen molar-refractivity contribution in [3.8, 4) is 0 Å². The number of hydrogen-bond acceptors (Lipinski definition) is 3. The van der Waals surface area contributed by atoms with E-state index in [0.29, 0.717) is 18.2 Å². The van der Waals surface area contributed by atoms with E-state index in [1.807, 2.05) is 13.8 Å². The van der Waals surface area contributed by atoms with Gasteiger partial charge in [0.15, 0.2) is 0 Å². The molecule has 1 fully saturated rings. The summed E-state index contributed by atoms with van der Waals surface area (Å²) < 4.78 is 26.3. The normalized spacial score (nSPS) is 18.4. The molecular weight excluding hydrogens is 248 g/mol. The molecule has 0 aromatic rings. The topological polar surface area (TPSA) is 49.4 Å². The third-order valence-electron chi connectivity index (χ3n) is 3.54. The average Bonchev–Trinajstić information content (AvgIpc) is 2.37. The van der Waals surface area contributed by atoms with E-state index >= 15 is 0 Å². The lowest BCUT2D eigenvalue weighted by Crippen LogP contribution is -2.40. The lowest BCUT2D eigenvalue weighted by Gasteiger charge is -2.29. The van der Waals surface area contributed by atoms with E-state index in [0.717, 1.165) is 51.7 Å². The van der Waals surface area contributed by atoms with Gasteiger partial charge < -0.3 is 5.32 Å². The molecule has 0 spiro atoms. The molecule has 1 saturated heterocycles. The molecule has 0 aromatic heterocycles. The predicted molar refractivity (Wildman–Crippen MR) is 76.2 cm³/mol. The first-order chi connectivity index (χ1) is 8.60. The van der Waals surface area contributed by atoms with Crippen LogP contribution in [0.25, 0.3) is 0 Å². The highest BCUT2D eigenvalue weighted by Crippen LogP contribution is 2.16. The first-order valence-electron chi connectivity index (χ1n) is 7.28. The van der Waals surface area contributed by atoms with Gasteiger partial charge in [-0.1, -0.05) is 20.3 Å². The van der Waals surface area contributed by atoms with Crippen molar-refractivity contribution < 1.29 is 8.42 Å². The van der Waals surface area contributed by atoms with E-state index in [1.54, 1.807) is 4.31 Å². The van der Waals surface area contributed by atoms with Crippen LogP contribution < -0.4 is 5.32 Å². The molecule has 1 aliphatic rings. The molecule has 0 aliphatic carbocycles. The Hall–Kier alpha value is -0.130. The summed E-state index contributed by atoms with van der Waals surface area (Å²) in [6.45, 7) is 7.54. The molecule has 18 heavy (non-hydrogen) atoms. The molecule has 0 atom stereocenters. The van der Waals surface area contributed by atoms with E-state index in [4.69, 9.17) is 0 Å². The van der Waals surface area contributed by atoms with E-state index in [1.165, 1.54) is 0 Å². The first-order valence-corrected chi connectivity index (χ1v) is 8.89. The zero-order chi connectivity index (χ0) is 13.4. The minimum absolute atomic E-state index is 0.314. The largest absolute Gasteiger partial charge is 0.317 e. The highest BCUT2D eigenvalue weighted by Gasteiger charge is 2.24. The van der Waals surface area contributed by atoms with Crippen molar-refractivity contribution >= 4 is 10.0 Å². The SMILES string of the molecule is CCCCS(=O)(=O)N(CCC)CC1CCNCC1. The monoisotopic (exact) mass is 276 g/mol. The van der Waals surface area contributed by atoms with Gasteiger partial charge in [0.2, 0.25) is 10.0 Å². The van der Waals surface area contributed by atoms with Crippen molar-refractivity contribution in [3.05, 3.63) is 0 Å². The Morgan fingerprint density at radius 2 is 1.83 bits per heavy atom. The van der Waals surface area contributed by atoms with Gasteiger partial charge in [-0.05, 0) is 44.7 Å². The minimum atomic E-state index is -3.03.